The summed E-state index contributed by atoms with van der Waals surface area (Å²) in [5, 5.41) is 4.42. The summed E-state index contributed by atoms with van der Waals surface area (Å²) < 4.78 is 7.76. The van der Waals surface area contributed by atoms with E-state index in [1.807, 2.05) is 20.3 Å². The standard InChI is InChI=1S/C19H28ClN3O/c1-4-5-12-23-18(10-11-21-23)15-16-6-8-17(9-7-16)19(20)24-14-13-22(2)3/h6-11,19H,4-5,12-15H2,1-3H3. The van der Waals surface area contributed by atoms with Crippen LogP contribution in [-0.2, 0) is 17.7 Å². The number of nitrogens with zero attached hydrogens (tertiary/aromatic N) is 3. The van der Waals surface area contributed by atoms with Crippen LogP contribution in [0.3, 0.4) is 0 Å². The maximum atomic E-state index is 6.31. The predicted octanol–water partition coefficient (Wildman–Crippen LogP) is 4.09. The number of likely N-dealkylation sites (N-methyl/N-ethyl adjacent to an activating group) is 1. The minimum atomic E-state index is -0.394. The largest absolute Gasteiger partial charge is 0.357 e. The van der Waals surface area contributed by atoms with Crippen molar-refractivity contribution in [2.24, 2.45) is 0 Å². The van der Waals surface area contributed by atoms with Gasteiger partial charge in [0.1, 0.15) is 0 Å². The minimum absolute atomic E-state index is 0.394. The van der Waals surface area contributed by atoms with Gasteiger partial charge in [-0.25, -0.2) is 0 Å². The van der Waals surface area contributed by atoms with Gasteiger partial charge in [-0.15, -0.1) is 0 Å². The third kappa shape index (κ3) is 5.93. The Morgan fingerprint density at radius 1 is 1.21 bits per heavy atom. The first-order chi connectivity index (χ1) is 11.6. The Morgan fingerprint density at radius 3 is 2.62 bits per heavy atom. The number of hydrogen-bond acceptors (Lipinski definition) is 3. The molecule has 0 radical (unpaired) electrons. The Balaban J connectivity index is 1.91. The molecule has 0 fully saturated rings. The molecule has 0 aliphatic heterocycles. The summed E-state index contributed by atoms with van der Waals surface area (Å²) in [6.07, 6.45) is 5.11. The van der Waals surface area contributed by atoms with Crippen molar-refractivity contribution < 1.29 is 4.74 Å². The van der Waals surface area contributed by atoms with E-state index in [4.69, 9.17) is 16.3 Å². The summed E-state index contributed by atoms with van der Waals surface area (Å²) in [6.45, 7) is 4.67. The van der Waals surface area contributed by atoms with Crippen LogP contribution in [0.25, 0.3) is 0 Å². The van der Waals surface area contributed by atoms with Crippen molar-refractivity contribution in [1.29, 1.82) is 0 Å². The molecule has 0 saturated heterocycles. The lowest BCUT2D eigenvalue weighted by Gasteiger charge is -2.14. The van der Waals surface area contributed by atoms with Crippen LogP contribution in [0.2, 0.25) is 0 Å². The summed E-state index contributed by atoms with van der Waals surface area (Å²) in [7, 11) is 4.04. The molecule has 1 unspecified atom stereocenters. The zero-order valence-electron chi connectivity index (χ0n) is 14.9. The highest BCUT2D eigenvalue weighted by atomic mass is 35.5. The smallest absolute Gasteiger partial charge is 0.156 e. The lowest BCUT2D eigenvalue weighted by atomic mass is 10.1. The van der Waals surface area contributed by atoms with Gasteiger partial charge in [0.2, 0.25) is 0 Å². The average molecular weight is 350 g/mol. The maximum Gasteiger partial charge on any atom is 0.156 e. The molecular weight excluding hydrogens is 322 g/mol. The van der Waals surface area contributed by atoms with Gasteiger partial charge in [-0.05, 0) is 37.7 Å². The van der Waals surface area contributed by atoms with Gasteiger partial charge in [0.25, 0.3) is 0 Å². The summed E-state index contributed by atoms with van der Waals surface area (Å²) in [4.78, 5) is 2.08. The molecule has 0 amide bonds. The van der Waals surface area contributed by atoms with Crippen LogP contribution in [0.15, 0.2) is 36.5 Å². The molecular formula is C19H28ClN3O. The van der Waals surface area contributed by atoms with Gasteiger partial charge in [-0.3, -0.25) is 4.68 Å². The number of unbranched alkanes of at least 4 members (excludes halogenated alkanes) is 1. The van der Waals surface area contributed by atoms with E-state index in [1.165, 1.54) is 17.7 Å². The van der Waals surface area contributed by atoms with Crippen LogP contribution >= 0.6 is 11.6 Å². The SMILES string of the molecule is CCCCn1nccc1Cc1ccc(C(Cl)OCCN(C)C)cc1. The Bertz CT molecular complexity index is 595. The number of aryl methyl sites for hydroxylation is 1. The summed E-state index contributed by atoms with van der Waals surface area (Å²) >= 11 is 6.31. The molecule has 1 aromatic carbocycles. The summed E-state index contributed by atoms with van der Waals surface area (Å²) in [5.41, 5.74) is 3.11. The third-order valence-electron chi connectivity index (χ3n) is 3.96. The van der Waals surface area contributed by atoms with E-state index in [9.17, 15) is 0 Å². The Morgan fingerprint density at radius 2 is 1.96 bits per heavy atom. The van der Waals surface area contributed by atoms with Crippen molar-refractivity contribution in [1.82, 2.24) is 14.7 Å². The summed E-state index contributed by atoms with van der Waals surface area (Å²) in [6, 6.07) is 10.4. The van der Waals surface area contributed by atoms with E-state index in [0.29, 0.717) is 6.61 Å². The zero-order valence-corrected chi connectivity index (χ0v) is 15.7. The molecule has 0 aliphatic carbocycles. The van der Waals surface area contributed by atoms with Gasteiger partial charge in [0, 0.05) is 31.4 Å². The van der Waals surface area contributed by atoms with Gasteiger partial charge < -0.3 is 9.64 Å². The van der Waals surface area contributed by atoms with E-state index >= 15 is 0 Å². The van der Waals surface area contributed by atoms with Crippen LogP contribution in [0, 0.1) is 0 Å². The molecule has 2 rings (SSSR count). The molecule has 1 atom stereocenters. The summed E-state index contributed by atoms with van der Waals surface area (Å²) in [5.74, 6) is 0. The highest BCUT2D eigenvalue weighted by Crippen LogP contribution is 2.22. The molecule has 0 bridgehead atoms. The number of alkyl halides is 1. The molecule has 0 N–H and O–H groups in total. The van der Waals surface area contributed by atoms with Gasteiger partial charge in [0.15, 0.2) is 5.56 Å². The molecule has 1 heterocycles. The molecule has 2 aromatic rings. The third-order valence-corrected chi connectivity index (χ3v) is 4.34. The second-order valence-electron chi connectivity index (χ2n) is 6.31. The highest BCUT2D eigenvalue weighted by molar-refractivity contribution is 6.19. The molecule has 24 heavy (non-hydrogen) atoms. The average Bonchev–Trinajstić information content (AvgIpc) is 3.00. The number of benzene rings is 1. The lowest BCUT2D eigenvalue weighted by Crippen LogP contribution is -2.18. The maximum absolute atomic E-state index is 6.31. The van der Waals surface area contributed by atoms with Gasteiger partial charge >= 0.3 is 0 Å². The van der Waals surface area contributed by atoms with Crippen LogP contribution < -0.4 is 0 Å². The van der Waals surface area contributed by atoms with E-state index in [0.717, 1.165) is 31.5 Å². The molecule has 132 valence electrons. The van der Waals surface area contributed by atoms with E-state index in [2.05, 4.69) is 51.9 Å². The van der Waals surface area contributed by atoms with E-state index < -0.39 is 5.56 Å². The number of rotatable bonds is 10. The lowest BCUT2D eigenvalue weighted by molar-refractivity contribution is 0.0939. The van der Waals surface area contributed by atoms with Crippen LogP contribution in [0.1, 0.15) is 42.1 Å². The van der Waals surface area contributed by atoms with Gasteiger partial charge in [-0.2, -0.15) is 5.10 Å². The number of aromatic nitrogens is 2. The molecule has 1 aromatic heterocycles. The molecule has 5 heteroatoms. The fraction of sp³-hybridized carbons (Fsp3) is 0.526. The Kier molecular flexibility index (Phi) is 7.76. The minimum Gasteiger partial charge on any atom is -0.357 e. The second-order valence-corrected chi connectivity index (χ2v) is 6.70. The van der Waals surface area contributed by atoms with Crippen molar-refractivity contribution in [3.8, 4) is 0 Å². The fourth-order valence-corrected chi connectivity index (χ4v) is 2.68. The van der Waals surface area contributed by atoms with Crippen LogP contribution in [0.5, 0.6) is 0 Å². The number of halogens is 1. The van der Waals surface area contributed by atoms with Gasteiger partial charge in [0.05, 0.1) is 6.61 Å². The number of ether oxygens (including phenoxy) is 1. The van der Waals surface area contributed by atoms with Crippen molar-refractivity contribution >= 4 is 11.6 Å². The first-order valence-electron chi connectivity index (χ1n) is 8.60. The Hall–Kier alpha value is -1.36. The monoisotopic (exact) mass is 349 g/mol. The first kappa shape index (κ1) is 19.0. The van der Waals surface area contributed by atoms with E-state index in [-0.39, 0.29) is 0 Å². The van der Waals surface area contributed by atoms with Crippen molar-refractivity contribution in [2.45, 2.75) is 38.3 Å². The van der Waals surface area contributed by atoms with Crippen molar-refractivity contribution in [3.05, 3.63) is 53.3 Å². The zero-order chi connectivity index (χ0) is 17.4. The second kappa shape index (κ2) is 9.82. The normalized spacial score (nSPS) is 12.7. The number of hydrogen-bond donors (Lipinski definition) is 0. The van der Waals surface area contributed by atoms with Crippen molar-refractivity contribution in [3.63, 3.8) is 0 Å². The topological polar surface area (TPSA) is 30.3 Å². The highest BCUT2D eigenvalue weighted by Gasteiger charge is 2.09. The van der Waals surface area contributed by atoms with Crippen LogP contribution in [0.4, 0.5) is 0 Å². The molecule has 4 nitrogen and oxygen atoms in total. The van der Waals surface area contributed by atoms with Crippen LogP contribution in [-0.4, -0.2) is 41.9 Å². The fourth-order valence-electron chi connectivity index (χ4n) is 2.45. The quantitative estimate of drug-likeness (QED) is 0.605. The Labute approximate surface area is 150 Å². The molecule has 0 spiro atoms. The molecule has 0 saturated carbocycles. The molecule has 0 aliphatic rings. The predicted molar refractivity (Wildman–Crippen MR) is 99.5 cm³/mol. The van der Waals surface area contributed by atoms with Gasteiger partial charge in [-0.1, -0.05) is 49.2 Å². The van der Waals surface area contributed by atoms with Crippen molar-refractivity contribution in [2.75, 3.05) is 27.2 Å². The van der Waals surface area contributed by atoms with E-state index in [1.54, 1.807) is 0 Å². The first-order valence-corrected chi connectivity index (χ1v) is 9.03.